The number of nitrogens with zero attached hydrogens (tertiary/aromatic N) is 1. The van der Waals surface area contributed by atoms with E-state index in [1.54, 1.807) is 37.3 Å². The molecule has 0 aliphatic rings. The molecule has 0 saturated heterocycles. The number of ether oxygens (including phenoxy) is 1. The summed E-state index contributed by atoms with van der Waals surface area (Å²) in [6.07, 6.45) is 0.0380. The summed E-state index contributed by atoms with van der Waals surface area (Å²) in [5.74, 6) is -1.83. The van der Waals surface area contributed by atoms with Gasteiger partial charge in [-0.15, -0.1) is 4.73 Å². The van der Waals surface area contributed by atoms with Crippen LogP contribution in [-0.4, -0.2) is 22.7 Å². The molecule has 0 amide bonds. The largest absolute Gasteiger partial charge is 0.616 e. The Morgan fingerprint density at radius 2 is 2.05 bits per heavy atom. The lowest BCUT2D eigenvalue weighted by atomic mass is 10.1. The van der Waals surface area contributed by atoms with Crippen molar-refractivity contribution in [2.24, 2.45) is 0 Å². The van der Waals surface area contributed by atoms with Crippen LogP contribution in [0, 0.1) is 5.21 Å². The van der Waals surface area contributed by atoms with Gasteiger partial charge in [-0.25, -0.2) is 4.79 Å². The van der Waals surface area contributed by atoms with Crippen LogP contribution in [0.3, 0.4) is 0 Å². The number of esters is 1. The Morgan fingerprint density at radius 1 is 1.38 bits per heavy atom. The van der Waals surface area contributed by atoms with Crippen LogP contribution in [0.25, 0.3) is 0 Å². The minimum Gasteiger partial charge on any atom is -0.616 e. The minimum atomic E-state index is -0.956. The third kappa shape index (κ3) is 3.02. The van der Waals surface area contributed by atoms with Crippen molar-refractivity contribution in [3.63, 3.8) is 0 Å². The lowest BCUT2D eigenvalue weighted by Gasteiger charge is -2.08. The number of rotatable bonds is 4. The first-order valence-corrected chi connectivity index (χ1v) is 6.33. The van der Waals surface area contributed by atoms with Crippen LogP contribution < -0.4 is 10.3 Å². The highest BCUT2D eigenvalue weighted by Crippen LogP contribution is 2.10. The van der Waals surface area contributed by atoms with E-state index in [-0.39, 0.29) is 23.5 Å². The van der Waals surface area contributed by atoms with Gasteiger partial charge < -0.3 is 20.0 Å². The zero-order valence-electron chi connectivity index (χ0n) is 11.3. The van der Waals surface area contributed by atoms with Crippen molar-refractivity contribution >= 4 is 5.97 Å². The molecule has 0 fully saturated rings. The molecule has 1 aromatic carbocycles. The zero-order valence-corrected chi connectivity index (χ0v) is 11.3. The first-order chi connectivity index (χ1) is 10.0. The normalized spacial score (nSPS) is 10.3. The Bertz CT molecular complexity index is 709. The highest BCUT2D eigenvalue weighted by molar-refractivity contribution is 5.88. The van der Waals surface area contributed by atoms with Gasteiger partial charge in [-0.2, -0.15) is 0 Å². The minimum absolute atomic E-state index is 0.0380. The first-order valence-electron chi connectivity index (χ1n) is 6.33. The standard InChI is InChI=1S/C14H14N2O5/c1-2-21-14(19)11-13(18)16(20)10(12(17)15-11)8-9-6-4-3-5-7-9/h3-7,18H,2,8H2,1H3,(H,15,17). The van der Waals surface area contributed by atoms with E-state index in [2.05, 4.69) is 9.72 Å². The Labute approximate surface area is 120 Å². The van der Waals surface area contributed by atoms with E-state index in [0.717, 1.165) is 5.56 Å². The van der Waals surface area contributed by atoms with Gasteiger partial charge in [0.05, 0.1) is 13.0 Å². The maximum atomic E-state index is 12.0. The average Bonchev–Trinajstić information content (AvgIpc) is 2.48. The smallest absolute Gasteiger partial charge is 0.409 e. The lowest BCUT2D eigenvalue weighted by molar-refractivity contribution is -0.622. The Balaban J connectivity index is 2.43. The van der Waals surface area contributed by atoms with Crippen LogP contribution in [0.4, 0.5) is 0 Å². The van der Waals surface area contributed by atoms with E-state index in [1.165, 1.54) is 0 Å². The van der Waals surface area contributed by atoms with Gasteiger partial charge in [0.15, 0.2) is 0 Å². The van der Waals surface area contributed by atoms with Gasteiger partial charge in [0.25, 0.3) is 5.69 Å². The van der Waals surface area contributed by atoms with E-state index < -0.39 is 23.1 Å². The summed E-state index contributed by atoms with van der Waals surface area (Å²) < 4.78 is 4.71. The molecule has 0 unspecified atom stereocenters. The summed E-state index contributed by atoms with van der Waals surface area (Å²) in [6.45, 7) is 1.63. The van der Waals surface area contributed by atoms with Crippen molar-refractivity contribution in [3.8, 4) is 5.88 Å². The number of nitrogens with one attached hydrogen (secondary N) is 1. The van der Waals surface area contributed by atoms with Gasteiger partial charge in [0, 0.05) is 0 Å². The second-order valence-electron chi connectivity index (χ2n) is 4.28. The molecule has 2 rings (SSSR count). The monoisotopic (exact) mass is 290 g/mol. The molecule has 1 heterocycles. The SMILES string of the molecule is CCOC(=O)c1[nH]c(=O)c(Cc2ccccc2)[n+]([O-])c1O. The van der Waals surface area contributed by atoms with Crippen LogP contribution in [0.2, 0.25) is 0 Å². The molecule has 0 bridgehead atoms. The number of hydrogen-bond donors (Lipinski definition) is 2. The molecule has 2 N–H and O–H groups in total. The third-order valence-corrected chi connectivity index (χ3v) is 2.86. The number of aromatic nitrogens is 2. The molecular formula is C14H14N2O5. The van der Waals surface area contributed by atoms with Crippen LogP contribution in [-0.2, 0) is 11.2 Å². The summed E-state index contributed by atoms with van der Waals surface area (Å²) in [6, 6.07) is 8.84. The topological polar surface area (TPSA) is 106 Å². The number of H-pyrrole nitrogens is 1. The van der Waals surface area contributed by atoms with Crippen LogP contribution in [0.15, 0.2) is 35.1 Å². The molecule has 0 aliphatic heterocycles. The molecule has 7 heteroatoms. The molecule has 0 atom stereocenters. The lowest BCUT2D eigenvalue weighted by Crippen LogP contribution is -2.42. The summed E-state index contributed by atoms with van der Waals surface area (Å²) in [5.41, 5.74) is -0.758. The summed E-state index contributed by atoms with van der Waals surface area (Å²) in [4.78, 5) is 25.7. The fourth-order valence-electron chi connectivity index (χ4n) is 1.85. The van der Waals surface area contributed by atoms with Crippen LogP contribution in [0.1, 0.15) is 28.7 Å². The first kappa shape index (κ1) is 14.6. The highest BCUT2D eigenvalue weighted by Gasteiger charge is 2.26. The van der Waals surface area contributed by atoms with Gasteiger partial charge in [-0.3, -0.25) is 4.79 Å². The molecule has 1 aromatic heterocycles. The molecule has 0 radical (unpaired) electrons. The van der Waals surface area contributed by atoms with Crippen molar-refractivity contribution in [2.75, 3.05) is 6.61 Å². The number of aromatic hydroxyl groups is 1. The van der Waals surface area contributed by atoms with E-state index in [9.17, 15) is 19.9 Å². The fourth-order valence-corrected chi connectivity index (χ4v) is 1.85. The van der Waals surface area contributed by atoms with Gasteiger partial charge >= 0.3 is 17.4 Å². The second kappa shape index (κ2) is 6.08. The molecule has 0 aliphatic carbocycles. The Morgan fingerprint density at radius 3 is 2.67 bits per heavy atom. The van der Waals surface area contributed by atoms with E-state index >= 15 is 0 Å². The van der Waals surface area contributed by atoms with Crippen molar-refractivity contribution in [1.82, 2.24) is 4.98 Å². The number of hydrogen-bond acceptors (Lipinski definition) is 5. The van der Waals surface area contributed by atoms with E-state index in [0.29, 0.717) is 0 Å². The molecule has 21 heavy (non-hydrogen) atoms. The molecular weight excluding hydrogens is 276 g/mol. The molecule has 7 nitrogen and oxygen atoms in total. The Kier molecular flexibility index (Phi) is 4.22. The summed E-state index contributed by atoms with van der Waals surface area (Å²) in [5, 5.41) is 21.7. The second-order valence-corrected chi connectivity index (χ2v) is 4.28. The number of aromatic amines is 1. The summed E-state index contributed by atoms with van der Waals surface area (Å²) in [7, 11) is 0. The van der Waals surface area contributed by atoms with Crippen LogP contribution >= 0.6 is 0 Å². The maximum Gasteiger partial charge on any atom is 0.409 e. The molecule has 0 saturated carbocycles. The number of benzene rings is 1. The van der Waals surface area contributed by atoms with Crippen molar-refractivity contribution < 1.29 is 19.4 Å². The van der Waals surface area contributed by atoms with Gasteiger partial charge in [-0.1, -0.05) is 30.3 Å². The fraction of sp³-hybridized carbons (Fsp3) is 0.214. The third-order valence-electron chi connectivity index (χ3n) is 2.86. The molecule has 110 valence electrons. The quantitative estimate of drug-likeness (QED) is 0.484. The van der Waals surface area contributed by atoms with Crippen LogP contribution in [0.5, 0.6) is 5.88 Å². The number of carbonyl (C=O) groups is 1. The van der Waals surface area contributed by atoms with Crippen molar-refractivity contribution in [3.05, 3.63) is 62.8 Å². The maximum absolute atomic E-state index is 12.0. The molecule has 0 spiro atoms. The van der Waals surface area contributed by atoms with Gasteiger partial charge in [-0.05, 0) is 12.5 Å². The number of carbonyl (C=O) groups excluding carboxylic acids is 1. The van der Waals surface area contributed by atoms with Gasteiger partial charge in [0.2, 0.25) is 5.69 Å². The Hall–Kier alpha value is -2.83. The molecule has 2 aromatic rings. The van der Waals surface area contributed by atoms with E-state index in [1.807, 2.05) is 0 Å². The average molecular weight is 290 g/mol. The van der Waals surface area contributed by atoms with Crippen molar-refractivity contribution in [1.29, 1.82) is 0 Å². The van der Waals surface area contributed by atoms with Crippen molar-refractivity contribution in [2.45, 2.75) is 13.3 Å². The predicted octanol–water partition coefficient (Wildman–Crippen LogP) is 0.481. The van der Waals surface area contributed by atoms with E-state index in [4.69, 9.17) is 0 Å². The summed E-state index contributed by atoms with van der Waals surface area (Å²) >= 11 is 0. The highest BCUT2D eigenvalue weighted by atomic mass is 16.5. The zero-order chi connectivity index (χ0) is 15.4. The predicted molar refractivity (Wildman–Crippen MR) is 72.9 cm³/mol. The van der Waals surface area contributed by atoms with Gasteiger partial charge in [0.1, 0.15) is 0 Å².